The highest BCUT2D eigenvalue weighted by Crippen LogP contribution is 2.21. The number of halogens is 1. The number of nitrogens with two attached hydrogens (primary N) is 1. The van der Waals surface area contributed by atoms with Crippen LogP contribution >= 0.6 is 11.6 Å². The molecule has 3 aromatic rings. The molecule has 1 heterocycles. The molecule has 3 rings (SSSR count). The van der Waals surface area contributed by atoms with E-state index < -0.39 is 16.5 Å². The molecule has 0 radical (unpaired) electrons. The smallest absolute Gasteiger partial charge is 0.366 e. The number of nitro benzene ring substituents is 1. The van der Waals surface area contributed by atoms with Crippen molar-refractivity contribution < 1.29 is 9.72 Å². The second-order valence-electron chi connectivity index (χ2n) is 5.25. The Bertz CT molecular complexity index is 1070. The highest BCUT2D eigenvalue weighted by Gasteiger charge is 2.19. The first-order chi connectivity index (χ1) is 12.4. The van der Waals surface area contributed by atoms with Gasteiger partial charge >= 0.3 is 5.69 Å². The van der Waals surface area contributed by atoms with Crippen molar-refractivity contribution in [2.75, 3.05) is 0 Å². The van der Waals surface area contributed by atoms with Crippen molar-refractivity contribution in [1.29, 1.82) is 0 Å². The third kappa shape index (κ3) is 3.17. The molecule has 0 aliphatic carbocycles. The molecule has 0 unspecified atom stereocenters. The van der Waals surface area contributed by atoms with Crippen molar-refractivity contribution in [3.05, 3.63) is 79.2 Å². The van der Waals surface area contributed by atoms with Crippen LogP contribution < -0.4 is 11.4 Å². The predicted molar refractivity (Wildman–Crippen MR) is 91.3 cm³/mol. The van der Waals surface area contributed by atoms with E-state index in [2.05, 4.69) is 10.4 Å². The molecule has 26 heavy (non-hydrogen) atoms. The van der Waals surface area contributed by atoms with Crippen molar-refractivity contribution in [2.45, 2.75) is 6.54 Å². The number of benzene rings is 2. The summed E-state index contributed by atoms with van der Waals surface area (Å²) in [6.07, 6.45) is 0. The Balaban J connectivity index is 2.01. The molecule has 0 saturated heterocycles. The lowest BCUT2D eigenvalue weighted by Gasteiger charge is -2.04. The molecule has 0 bridgehead atoms. The summed E-state index contributed by atoms with van der Waals surface area (Å²) in [4.78, 5) is 34.3. The lowest BCUT2D eigenvalue weighted by Crippen LogP contribution is -2.25. The molecule has 0 atom stereocenters. The van der Waals surface area contributed by atoms with Gasteiger partial charge in [0.2, 0.25) is 5.91 Å². The molecule has 1 amide bonds. The summed E-state index contributed by atoms with van der Waals surface area (Å²) < 4.78 is 1.95. The monoisotopic (exact) mass is 374 g/mol. The standard InChI is InChI=1S/C15H11ClN6O4/c16-11-3-1-2-4-12(11)21-15(24)20(18-19-21)8-10-6-5-9(14(17)23)7-13(10)22(25)26/h1-7H,8H2,(H2,17,23). The van der Waals surface area contributed by atoms with E-state index in [0.29, 0.717) is 10.7 Å². The molecule has 0 aliphatic heterocycles. The maximum atomic E-state index is 12.5. The van der Waals surface area contributed by atoms with E-state index in [4.69, 9.17) is 17.3 Å². The molecule has 11 heteroatoms. The SMILES string of the molecule is NC(=O)c1ccc(Cn2nnn(-c3ccccc3Cl)c2=O)c([N+](=O)[O-])c1. The maximum absolute atomic E-state index is 12.5. The molecule has 0 saturated carbocycles. The van der Waals surface area contributed by atoms with Crippen LogP contribution in [-0.2, 0) is 6.54 Å². The number of nitrogens with zero attached hydrogens (tertiary/aromatic N) is 5. The quantitative estimate of drug-likeness (QED) is 0.524. The van der Waals surface area contributed by atoms with Crippen LogP contribution in [0.25, 0.3) is 5.69 Å². The summed E-state index contributed by atoms with van der Waals surface area (Å²) in [5, 5.41) is 19.0. The molecular weight excluding hydrogens is 364 g/mol. The van der Waals surface area contributed by atoms with Crippen LogP contribution in [0, 0.1) is 10.1 Å². The van der Waals surface area contributed by atoms with Gasteiger partial charge in [0.05, 0.1) is 27.7 Å². The van der Waals surface area contributed by atoms with Crippen LogP contribution in [-0.4, -0.2) is 30.6 Å². The number of carbonyl (C=O) groups is 1. The van der Waals surface area contributed by atoms with Crippen molar-refractivity contribution in [3.63, 3.8) is 0 Å². The third-order valence-electron chi connectivity index (χ3n) is 3.61. The van der Waals surface area contributed by atoms with E-state index in [1.165, 1.54) is 12.1 Å². The summed E-state index contributed by atoms with van der Waals surface area (Å²) in [6, 6.07) is 10.3. The maximum Gasteiger partial charge on any atom is 0.368 e. The predicted octanol–water partition coefficient (Wildman–Crippen LogP) is 1.14. The number of para-hydroxylation sites is 1. The van der Waals surface area contributed by atoms with Gasteiger partial charge in [0, 0.05) is 11.6 Å². The number of hydrogen-bond donors (Lipinski definition) is 1. The van der Waals surface area contributed by atoms with E-state index >= 15 is 0 Å². The summed E-state index contributed by atoms with van der Waals surface area (Å²) in [5.74, 6) is -0.790. The number of tetrazole rings is 1. The van der Waals surface area contributed by atoms with Crippen LogP contribution in [0.15, 0.2) is 47.3 Å². The fourth-order valence-electron chi connectivity index (χ4n) is 2.33. The van der Waals surface area contributed by atoms with Gasteiger partial charge in [-0.2, -0.15) is 9.36 Å². The fraction of sp³-hybridized carbons (Fsp3) is 0.0667. The summed E-state index contributed by atoms with van der Waals surface area (Å²) >= 11 is 6.04. The highest BCUT2D eigenvalue weighted by atomic mass is 35.5. The number of carbonyl (C=O) groups excluding carboxylic acids is 1. The zero-order valence-electron chi connectivity index (χ0n) is 13.1. The molecule has 0 aliphatic rings. The first-order valence-corrected chi connectivity index (χ1v) is 7.61. The fourth-order valence-corrected chi connectivity index (χ4v) is 2.55. The Hall–Kier alpha value is -3.53. The van der Waals surface area contributed by atoms with Gasteiger partial charge in [-0.3, -0.25) is 14.9 Å². The minimum atomic E-state index is -0.790. The average Bonchev–Trinajstić information content (AvgIpc) is 2.96. The molecule has 0 fully saturated rings. The van der Waals surface area contributed by atoms with Crippen molar-refractivity contribution in [2.24, 2.45) is 5.73 Å². The molecule has 132 valence electrons. The summed E-state index contributed by atoms with van der Waals surface area (Å²) in [7, 11) is 0. The molecule has 0 spiro atoms. The second-order valence-corrected chi connectivity index (χ2v) is 5.65. The van der Waals surface area contributed by atoms with E-state index in [1.807, 2.05) is 0 Å². The van der Waals surface area contributed by atoms with Crippen LogP contribution in [0.1, 0.15) is 15.9 Å². The Morgan fingerprint density at radius 2 is 1.96 bits per heavy atom. The number of hydrogen-bond acceptors (Lipinski definition) is 6. The zero-order chi connectivity index (χ0) is 18.8. The van der Waals surface area contributed by atoms with E-state index in [1.54, 1.807) is 24.3 Å². The molecule has 1 aromatic heterocycles. The van der Waals surface area contributed by atoms with Gasteiger partial charge in [0.25, 0.3) is 5.69 Å². The van der Waals surface area contributed by atoms with Gasteiger partial charge in [0.15, 0.2) is 0 Å². The van der Waals surface area contributed by atoms with E-state index in [-0.39, 0.29) is 23.4 Å². The normalized spacial score (nSPS) is 10.7. The Morgan fingerprint density at radius 3 is 2.62 bits per heavy atom. The molecular formula is C15H11ClN6O4. The second kappa shape index (κ2) is 6.76. The van der Waals surface area contributed by atoms with Crippen LogP contribution in [0.2, 0.25) is 5.02 Å². The summed E-state index contributed by atoms with van der Waals surface area (Å²) in [6.45, 7) is -0.210. The first kappa shape index (κ1) is 17.3. The van der Waals surface area contributed by atoms with Gasteiger partial charge < -0.3 is 5.73 Å². The minimum Gasteiger partial charge on any atom is -0.366 e. The van der Waals surface area contributed by atoms with E-state index in [0.717, 1.165) is 15.4 Å². The third-order valence-corrected chi connectivity index (χ3v) is 3.93. The Labute approximate surface area is 150 Å². The van der Waals surface area contributed by atoms with Crippen LogP contribution in [0.5, 0.6) is 0 Å². The lowest BCUT2D eigenvalue weighted by atomic mass is 10.1. The van der Waals surface area contributed by atoms with Crippen molar-refractivity contribution in [3.8, 4) is 5.69 Å². The topological polar surface area (TPSA) is 139 Å². The highest BCUT2D eigenvalue weighted by molar-refractivity contribution is 6.32. The number of primary amides is 1. The van der Waals surface area contributed by atoms with Crippen molar-refractivity contribution in [1.82, 2.24) is 19.8 Å². The van der Waals surface area contributed by atoms with Gasteiger partial charge in [0.1, 0.15) is 0 Å². The van der Waals surface area contributed by atoms with Gasteiger partial charge in [-0.1, -0.05) is 23.7 Å². The lowest BCUT2D eigenvalue weighted by molar-refractivity contribution is -0.385. The van der Waals surface area contributed by atoms with Crippen molar-refractivity contribution >= 4 is 23.2 Å². The average molecular weight is 375 g/mol. The molecule has 10 nitrogen and oxygen atoms in total. The molecule has 2 aromatic carbocycles. The number of aromatic nitrogens is 4. The zero-order valence-corrected chi connectivity index (χ0v) is 13.8. The molecule has 2 N–H and O–H groups in total. The summed E-state index contributed by atoms with van der Waals surface area (Å²) in [5.41, 5.74) is 4.68. The van der Waals surface area contributed by atoms with Crippen LogP contribution in [0.3, 0.4) is 0 Å². The number of amides is 1. The number of rotatable bonds is 5. The van der Waals surface area contributed by atoms with Crippen LogP contribution in [0.4, 0.5) is 5.69 Å². The van der Waals surface area contributed by atoms with Gasteiger partial charge in [-0.15, -0.1) is 0 Å². The van der Waals surface area contributed by atoms with Gasteiger partial charge in [-0.25, -0.2) is 4.79 Å². The number of nitro groups is 1. The Morgan fingerprint density at radius 1 is 1.23 bits per heavy atom. The minimum absolute atomic E-state index is 0.00693. The van der Waals surface area contributed by atoms with Gasteiger partial charge in [-0.05, 0) is 34.7 Å². The van der Waals surface area contributed by atoms with E-state index in [9.17, 15) is 19.7 Å². The first-order valence-electron chi connectivity index (χ1n) is 7.23. The Kier molecular flexibility index (Phi) is 4.50. The largest absolute Gasteiger partial charge is 0.368 e.